The fourth-order valence-electron chi connectivity index (χ4n) is 3.99. The van der Waals surface area contributed by atoms with Gasteiger partial charge in [-0.2, -0.15) is 10.5 Å². The summed E-state index contributed by atoms with van der Waals surface area (Å²) in [5, 5.41) is 29.1. The lowest BCUT2D eigenvalue weighted by Crippen LogP contribution is -2.32. The van der Waals surface area contributed by atoms with E-state index < -0.39 is 5.92 Å². The van der Waals surface area contributed by atoms with Crippen LogP contribution in [-0.4, -0.2) is 45.0 Å². The first-order valence-corrected chi connectivity index (χ1v) is 11.1. The Balaban J connectivity index is 2.67. The molecule has 0 radical (unpaired) electrons. The van der Waals surface area contributed by atoms with E-state index in [2.05, 4.69) is 28.1 Å². The molecule has 1 aliphatic rings. The van der Waals surface area contributed by atoms with Gasteiger partial charge in [-0.3, -0.25) is 4.79 Å². The number of nitriles is 2. The van der Waals surface area contributed by atoms with Crippen molar-refractivity contribution in [3.63, 3.8) is 0 Å². The van der Waals surface area contributed by atoms with Crippen molar-refractivity contribution in [1.82, 2.24) is 15.5 Å². The Kier molecular flexibility index (Phi) is 8.85. The molecule has 0 bridgehead atoms. The van der Waals surface area contributed by atoms with Crippen molar-refractivity contribution < 1.29 is 4.79 Å². The third kappa shape index (κ3) is 5.63. The smallest absolute Gasteiger partial charge is 0.251 e. The quantitative estimate of drug-likeness (QED) is 0.524. The van der Waals surface area contributed by atoms with Gasteiger partial charge in [-0.1, -0.05) is 18.6 Å². The van der Waals surface area contributed by atoms with E-state index >= 15 is 0 Å². The molecule has 0 aromatic heterocycles. The van der Waals surface area contributed by atoms with Gasteiger partial charge in [-0.25, -0.2) is 0 Å². The molecule has 3 N–H and O–H groups in total. The largest absolute Gasteiger partial charge is 0.388 e. The van der Waals surface area contributed by atoms with E-state index in [9.17, 15) is 15.3 Å². The number of hydrogen-bond acceptors (Lipinski definition) is 6. The van der Waals surface area contributed by atoms with Crippen molar-refractivity contribution in [2.24, 2.45) is 0 Å². The van der Waals surface area contributed by atoms with Gasteiger partial charge in [0.25, 0.3) is 5.91 Å². The molecule has 7 heteroatoms. The molecule has 1 amide bonds. The van der Waals surface area contributed by atoms with Crippen LogP contribution in [0.3, 0.4) is 0 Å². The Bertz CT molecular complexity index is 1060. The summed E-state index contributed by atoms with van der Waals surface area (Å²) in [6, 6.07) is 10.3. The Morgan fingerprint density at radius 2 is 1.76 bits per heavy atom. The third-order valence-electron chi connectivity index (χ3n) is 5.95. The normalized spacial score (nSPS) is 15.0. The summed E-state index contributed by atoms with van der Waals surface area (Å²) >= 11 is 0. The van der Waals surface area contributed by atoms with Gasteiger partial charge < -0.3 is 20.9 Å². The number of benzene rings is 1. The summed E-state index contributed by atoms with van der Waals surface area (Å²) in [4.78, 5) is 15.3. The highest BCUT2D eigenvalue weighted by molar-refractivity contribution is 6.21. The maximum absolute atomic E-state index is 13.3. The first kappa shape index (κ1) is 25.7. The van der Waals surface area contributed by atoms with Crippen LogP contribution >= 0.6 is 0 Å². The fraction of sp³-hybridized carbons (Fsp3) is 0.423. The molecule has 1 aromatic rings. The highest BCUT2D eigenvalue weighted by atomic mass is 16.1. The van der Waals surface area contributed by atoms with Crippen molar-refractivity contribution in [2.45, 2.75) is 40.0 Å². The number of carbonyl (C=O) groups excluding carboxylic acids is 1. The van der Waals surface area contributed by atoms with Gasteiger partial charge in [0, 0.05) is 48.4 Å². The van der Waals surface area contributed by atoms with Crippen LogP contribution in [-0.2, 0) is 4.79 Å². The van der Waals surface area contributed by atoms with Gasteiger partial charge in [-0.05, 0) is 59.0 Å². The monoisotopic (exact) mass is 446 g/mol. The van der Waals surface area contributed by atoms with Gasteiger partial charge in [0.15, 0.2) is 0 Å². The lowest BCUT2D eigenvalue weighted by Gasteiger charge is -2.27. The summed E-state index contributed by atoms with van der Waals surface area (Å²) < 4.78 is 0. The molecule has 2 rings (SSSR count). The zero-order valence-electron chi connectivity index (χ0n) is 20.7. The summed E-state index contributed by atoms with van der Waals surface area (Å²) in [5.74, 6) is -0.611. The molecule has 174 valence electrons. The SMILES string of the molecule is CC/C(C)=C(/C(=O)NCCN(C)C)c1cc(C2C(C#N)=C(C)NC(C)=C2C#N)ccc1NC. The Morgan fingerprint density at radius 3 is 2.24 bits per heavy atom. The minimum absolute atomic E-state index is 0.130. The predicted molar refractivity (Wildman–Crippen MR) is 133 cm³/mol. The number of rotatable bonds is 8. The number of anilines is 1. The van der Waals surface area contributed by atoms with Crippen LogP contribution in [0.15, 0.2) is 46.3 Å². The second-order valence-electron chi connectivity index (χ2n) is 8.48. The average Bonchev–Trinajstić information content (AvgIpc) is 2.78. The van der Waals surface area contributed by atoms with Gasteiger partial charge in [0.05, 0.1) is 29.2 Å². The topological polar surface area (TPSA) is 104 Å². The first-order chi connectivity index (χ1) is 15.7. The fourth-order valence-corrected chi connectivity index (χ4v) is 3.99. The number of nitrogens with one attached hydrogen (secondary N) is 3. The van der Waals surface area contributed by atoms with E-state index in [4.69, 9.17) is 0 Å². The minimum atomic E-state index is -0.481. The van der Waals surface area contributed by atoms with E-state index in [1.165, 1.54) is 0 Å². The average molecular weight is 447 g/mol. The zero-order chi connectivity index (χ0) is 24.7. The minimum Gasteiger partial charge on any atom is -0.388 e. The molecule has 1 heterocycles. The molecule has 0 unspecified atom stereocenters. The molecule has 7 nitrogen and oxygen atoms in total. The zero-order valence-corrected chi connectivity index (χ0v) is 20.7. The molecule has 0 aliphatic carbocycles. The molecule has 0 spiro atoms. The van der Waals surface area contributed by atoms with Crippen molar-refractivity contribution in [3.05, 3.63) is 57.4 Å². The van der Waals surface area contributed by atoms with Crippen LogP contribution in [0, 0.1) is 22.7 Å². The van der Waals surface area contributed by atoms with Gasteiger partial charge in [0.1, 0.15) is 0 Å². The molecule has 33 heavy (non-hydrogen) atoms. The maximum Gasteiger partial charge on any atom is 0.251 e. The van der Waals surface area contributed by atoms with Gasteiger partial charge in [-0.15, -0.1) is 0 Å². The third-order valence-corrected chi connectivity index (χ3v) is 5.95. The standard InChI is InChI=1S/C26H34N6O/c1-8-16(2)24(26(33)30-11-12-32(6)7)20-13-19(9-10-23(20)29-5)25-21(14-27)17(3)31-18(4)22(25)15-28/h9-10,13,25,29,31H,8,11-12H2,1-7H3,(H,30,33)/b24-16+. The highest BCUT2D eigenvalue weighted by Gasteiger charge is 2.30. The molecule has 1 aromatic carbocycles. The lowest BCUT2D eigenvalue weighted by atomic mass is 9.80. The molecular weight excluding hydrogens is 412 g/mol. The van der Waals surface area contributed by atoms with Crippen LogP contribution in [0.1, 0.15) is 51.2 Å². The number of nitrogens with zero attached hydrogens (tertiary/aromatic N) is 3. The Labute approximate surface area is 197 Å². The summed E-state index contributed by atoms with van der Waals surface area (Å²) in [6.45, 7) is 8.96. The number of allylic oxidation sites excluding steroid dienone is 5. The van der Waals surface area contributed by atoms with Crippen LogP contribution in [0.2, 0.25) is 0 Å². The van der Waals surface area contributed by atoms with Crippen LogP contribution in [0.25, 0.3) is 5.57 Å². The van der Waals surface area contributed by atoms with Crippen molar-refractivity contribution in [3.8, 4) is 12.1 Å². The number of dihydropyridines is 1. The van der Waals surface area contributed by atoms with Gasteiger partial charge in [0.2, 0.25) is 0 Å². The molecule has 1 aliphatic heterocycles. The molecule has 0 saturated carbocycles. The molecule has 0 fully saturated rings. The van der Waals surface area contributed by atoms with Crippen LogP contribution in [0.4, 0.5) is 5.69 Å². The number of likely N-dealkylation sites (N-methyl/N-ethyl adjacent to an activating group) is 1. The summed E-state index contributed by atoms with van der Waals surface area (Å²) in [6.07, 6.45) is 0.724. The van der Waals surface area contributed by atoms with Crippen molar-refractivity contribution in [2.75, 3.05) is 39.5 Å². The highest BCUT2D eigenvalue weighted by Crippen LogP contribution is 2.40. The number of amides is 1. The van der Waals surface area contributed by atoms with Crippen molar-refractivity contribution >= 4 is 17.2 Å². The predicted octanol–water partition coefficient (Wildman–Crippen LogP) is 3.87. The Morgan fingerprint density at radius 1 is 1.15 bits per heavy atom. The van der Waals surface area contributed by atoms with E-state index in [1.807, 2.05) is 71.9 Å². The molecular formula is C26H34N6O. The number of hydrogen-bond donors (Lipinski definition) is 3. The second-order valence-corrected chi connectivity index (χ2v) is 8.48. The molecule has 0 saturated heterocycles. The van der Waals surface area contributed by atoms with E-state index in [1.54, 1.807) is 0 Å². The lowest BCUT2D eigenvalue weighted by molar-refractivity contribution is -0.115. The first-order valence-electron chi connectivity index (χ1n) is 11.1. The second kappa shape index (κ2) is 11.4. The Hall–Kier alpha value is -3.55. The summed E-state index contributed by atoms with van der Waals surface area (Å²) in [7, 11) is 5.75. The van der Waals surface area contributed by atoms with Crippen molar-refractivity contribution in [1.29, 1.82) is 10.5 Å². The van der Waals surface area contributed by atoms with E-state index in [0.717, 1.165) is 46.7 Å². The summed E-state index contributed by atoms with van der Waals surface area (Å²) in [5.41, 5.74) is 6.46. The number of carbonyl (C=O) groups is 1. The van der Waals surface area contributed by atoms with Crippen LogP contribution in [0.5, 0.6) is 0 Å². The van der Waals surface area contributed by atoms with E-state index in [0.29, 0.717) is 23.3 Å². The maximum atomic E-state index is 13.3. The van der Waals surface area contributed by atoms with Crippen LogP contribution < -0.4 is 16.0 Å². The van der Waals surface area contributed by atoms with E-state index in [-0.39, 0.29) is 5.91 Å². The molecule has 0 atom stereocenters. The van der Waals surface area contributed by atoms with Gasteiger partial charge >= 0.3 is 0 Å².